The van der Waals surface area contributed by atoms with E-state index >= 15 is 0 Å². The second-order valence-corrected chi connectivity index (χ2v) is 5.17. The lowest BCUT2D eigenvalue weighted by atomic mass is 10.1. The molecular weight excluding hydrogens is 278 g/mol. The van der Waals surface area contributed by atoms with Crippen molar-refractivity contribution in [3.05, 3.63) is 59.7 Å². The van der Waals surface area contributed by atoms with Crippen molar-refractivity contribution in [1.82, 2.24) is 0 Å². The number of carbonyl (C=O) groups excluding carboxylic acids is 2. The first-order valence-electron chi connectivity index (χ1n) is 7.17. The van der Waals surface area contributed by atoms with Crippen LogP contribution in [0.2, 0.25) is 0 Å². The molecule has 0 aliphatic heterocycles. The van der Waals surface area contributed by atoms with Crippen LogP contribution in [0.1, 0.15) is 24.5 Å². The summed E-state index contributed by atoms with van der Waals surface area (Å²) in [6.07, 6.45) is 0.986. The zero-order chi connectivity index (χ0) is 15.9. The molecule has 114 valence electrons. The molecule has 4 heteroatoms. The van der Waals surface area contributed by atoms with Crippen molar-refractivity contribution in [2.24, 2.45) is 0 Å². The summed E-state index contributed by atoms with van der Waals surface area (Å²) < 4.78 is 5.27. The van der Waals surface area contributed by atoms with Crippen molar-refractivity contribution < 1.29 is 14.3 Å². The fraction of sp³-hybridized carbons (Fsp3) is 0.222. The molecule has 0 aliphatic carbocycles. The molecule has 0 fully saturated rings. The molecule has 2 aromatic carbocycles. The Hall–Kier alpha value is -2.62. The standard InChI is InChI=1S/C18H19NO3/c1-13-3-5-15(6-4-13)7-12-18(21)22-17-10-8-16(9-11-17)19-14(2)20/h3-6,8-11H,7,12H2,1-2H3,(H,19,20). The van der Waals surface area contributed by atoms with Gasteiger partial charge in [-0.2, -0.15) is 0 Å². The first-order valence-corrected chi connectivity index (χ1v) is 7.17. The van der Waals surface area contributed by atoms with Crippen molar-refractivity contribution in [2.45, 2.75) is 26.7 Å². The van der Waals surface area contributed by atoms with E-state index in [9.17, 15) is 9.59 Å². The molecule has 1 N–H and O–H groups in total. The van der Waals surface area contributed by atoms with Crippen LogP contribution in [0.25, 0.3) is 0 Å². The van der Waals surface area contributed by atoms with Gasteiger partial charge in [-0.05, 0) is 43.2 Å². The number of esters is 1. The molecule has 1 amide bonds. The highest BCUT2D eigenvalue weighted by Crippen LogP contribution is 2.16. The van der Waals surface area contributed by atoms with Gasteiger partial charge in [0.25, 0.3) is 0 Å². The Balaban J connectivity index is 1.83. The van der Waals surface area contributed by atoms with Gasteiger partial charge in [0.1, 0.15) is 5.75 Å². The third kappa shape index (κ3) is 5.05. The average Bonchev–Trinajstić information content (AvgIpc) is 2.48. The number of rotatable bonds is 5. The maximum Gasteiger partial charge on any atom is 0.311 e. The minimum absolute atomic E-state index is 0.136. The number of amides is 1. The summed E-state index contributed by atoms with van der Waals surface area (Å²) in [6.45, 7) is 3.47. The highest BCUT2D eigenvalue weighted by molar-refractivity contribution is 5.88. The molecule has 2 aromatic rings. The minimum atomic E-state index is -0.271. The van der Waals surface area contributed by atoms with Gasteiger partial charge in [-0.3, -0.25) is 9.59 Å². The Morgan fingerprint density at radius 1 is 1.00 bits per heavy atom. The molecule has 0 spiro atoms. The van der Waals surface area contributed by atoms with Crippen LogP contribution in [0.4, 0.5) is 5.69 Å². The summed E-state index contributed by atoms with van der Waals surface area (Å²) in [7, 11) is 0. The first-order chi connectivity index (χ1) is 10.5. The van der Waals surface area contributed by atoms with Crippen LogP contribution >= 0.6 is 0 Å². The summed E-state index contributed by atoms with van der Waals surface area (Å²) in [5, 5.41) is 2.66. The highest BCUT2D eigenvalue weighted by Gasteiger charge is 2.06. The van der Waals surface area contributed by atoms with Gasteiger partial charge in [-0.15, -0.1) is 0 Å². The van der Waals surface area contributed by atoms with E-state index in [2.05, 4.69) is 5.32 Å². The molecule has 4 nitrogen and oxygen atoms in total. The third-order valence-corrected chi connectivity index (χ3v) is 3.14. The Morgan fingerprint density at radius 3 is 2.23 bits per heavy atom. The fourth-order valence-electron chi connectivity index (χ4n) is 1.99. The third-order valence-electron chi connectivity index (χ3n) is 3.14. The molecular formula is C18H19NO3. The van der Waals surface area contributed by atoms with E-state index in [0.29, 0.717) is 24.3 Å². The summed E-state index contributed by atoms with van der Waals surface area (Å²) in [6, 6.07) is 14.8. The second kappa shape index (κ2) is 7.41. The molecule has 0 radical (unpaired) electrons. The van der Waals surface area contributed by atoms with Crippen molar-refractivity contribution in [3.63, 3.8) is 0 Å². The van der Waals surface area contributed by atoms with Gasteiger partial charge in [0.15, 0.2) is 0 Å². The van der Waals surface area contributed by atoms with Gasteiger partial charge < -0.3 is 10.1 Å². The van der Waals surface area contributed by atoms with Crippen LogP contribution < -0.4 is 10.1 Å². The molecule has 2 rings (SSSR count). The SMILES string of the molecule is CC(=O)Nc1ccc(OC(=O)CCc2ccc(C)cc2)cc1. The summed E-state index contributed by atoms with van der Waals surface area (Å²) in [5.74, 6) is 0.0682. The Bertz CT molecular complexity index is 645. The topological polar surface area (TPSA) is 55.4 Å². The highest BCUT2D eigenvalue weighted by atomic mass is 16.5. The van der Waals surface area contributed by atoms with Gasteiger partial charge in [0, 0.05) is 19.0 Å². The minimum Gasteiger partial charge on any atom is -0.427 e. The molecule has 0 atom stereocenters. The van der Waals surface area contributed by atoms with Gasteiger partial charge in [0.2, 0.25) is 5.91 Å². The normalized spacial score (nSPS) is 10.1. The quantitative estimate of drug-likeness (QED) is 0.679. The fourth-order valence-corrected chi connectivity index (χ4v) is 1.99. The number of hydrogen-bond donors (Lipinski definition) is 1. The lowest BCUT2D eigenvalue weighted by Crippen LogP contribution is -2.09. The van der Waals surface area contributed by atoms with Gasteiger partial charge >= 0.3 is 5.97 Å². The number of anilines is 1. The van der Waals surface area contributed by atoms with E-state index in [1.54, 1.807) is 24.3 Å². The van der Waals surface area contributed by atoms with E-state index < -0.39 is 0 Å². The molecule has 0 aliphatic rings. The number of benzene rings is 2. The Labute approximate surface area is 130 Å². The van der Waals surface area contributed by atoms with Crippen LogP contribution in [0, 0.1) is 6.92 Å². The van der Waals surface area contributed by atoms with Crippen molar-refractivity contribution in [1.29, 1.82) is 0 Å². The van der Waals surface area contributed by atoms with Gasteiger partial charge in [0.05, 0.1) is 0 Å². The second-order valence-electron chi connectivity index (χ2n) is 5.17. The van der Waals surface area contributed by atoms with Crippen molar-refractivity contribution in [3.8, 4) is 5.75 Å². The van der Waals surface area contributed by atoms with Crippen LogP contribution in [0.5, 0.6) is 5.75 Å². The van der Waals surface area contributed by atoms with Gasteiger partial charge in [-0.1, -0.05) is 29.8 Å². The lowest BCUT2D eigenvalue weighted by molar-refractivity contribution is -0.134. The molecule has 0 heterocycles. The lowest BCUT2D eigenvalue weighted by Gasteiger charge is -2.06. The molecule has 0 bridgehead atoms. The average molecular weight is 297 g/mol. The maximum atomic E-state index is 11.8. The predicted octanol–water partition coefficient (Wildman–Crippen LogP) is 3.49. The van der Waals surface area contributed by atoms with Gasteiger partial charge in [-0.25, -0.2) is 0 Å². The van der Waals surface area contributed by atoms with E-state index in [-0.39, 0.29) is 11.9 Å². The van der Waals surface area contributed by atoms with Crippen LogP contribution in [0.3, 0.4) is 0 Å². The zero-order valence-corrected chi connectivity index (χ0v) is 12.8. The van der Waals surface area contributed by atoms with E-state index in [1.807, 2.05) is 31.2 Å². The zero-order valence-electron chi connectivity index (χ0n) is 12.8. The largest absolute Gasteiger partial charge is 0.427 e. The first kappa shape index (κ1) is 15.8. The molecule has 0 saturated carbocycles. The Morgan fingerprint density at radius 2 is 1.64 bits per heavy atom. The van der Waals surface area contributed by atoms with E-state index in [4.69, 9.17) is 4.74 Å². The van der Waals surface area contributed by atoms with Crippen LogP contribution in [-0.2, 0) is 16.0 Å². The molecule has 0 unspecified atom stereocenters. The van der Waals surface area contributed by atoms with E-state index in [0.717, 1.165) is 5.56 Å². The molecule has 22 heavy (non-hydrogen) atoms. The van der Waals surface area contributed by atoms with Crippen molar-refractivity contribution >= 4 is 17.6 Å². The van der Waals surface area contributed by atoms with E-state index in [1.165, 1.54) is 12.5 Å². The number of aryl methyl sites for hydroxylation is 2. The molecule has 0 aromatic heterocycles. The number of ether oxygens (including phenoxy) is 1. The number of carbonyl (C=O) groups is 2. The monoisotopic (exact) mass is 297 g/mol. The number of hydrogen-bond acceptors (Lipinski definition) is 3. The van der Waals surface area contributed by atoms with Crippen LogP contribution in [-0.4, -0.2) is 11.9 Å². The summed E-state index contributed by atoms with van der Waals surface area (Å²) in [5.41, 5.74) is 2.99. The van der Waals surface area contributed by atoms with Crippen molar-refractivity contribution in [2.75, 3.05) is 5.32 Å². The van der Waals surface area contributed by atoms with Crippen LogP contribution in [0.15, 0.2) is 48.5 Å². The Kier molecular flexibility index (Phi) is 5.31. The molecule has 0 saturated heterocycles. The summed E-state index contributed by atoms with van der Waals surface area (Å²) in [4.78, 5) is 22.7. The summed E-state index contributed by atoms with van der Waals surface area (Å²) >= 11 is 0. The smallest absolute Gasteiger partial charge is 0.311 e. The predicted molar refractivity (Wildman–Crippen MR) is 85.9 cm³/mol. The number of nitrogens with one attached hydrogen (secondary N) is 1. The maximum absolute atomic E-state index is 11.8.